The van der Waals surface area contributed by atoms with Gasteiger partial charge in [0.2, 0.25) is 5.95 Å². The molecule has 3 aromatic rings. The number of hydrogen-bond acceptors (Lipinski definition) is 8. The summed E-state index contributed by atoms with van der Waals surface area (Å²) in [4.78, 5) is 20.4. The fraction of sp³-hybridized carbons (Fsp3) is 0.389. The van der Waals surface area contributed by atoms with Gasteiger partial charge in [0.05, 0.1) is 28.8 Å². The predicted molar refractivity (Wildman–Crippen MR) is 102 cm³/mol. The molecule has 1 aliphatic heterocycles. The van der Waals surface area contributed by atoms with Gasteiger partial charge in [-0.1, -0.05) is 12.1 Å². The van der Waals surface area contributed by atoms with Crippen LogP contribution in [0.1, 0.15) is 18.4 Å². The van der Waals surface area contributed by atoms with Crippen LogP contribution in [-0.4, -0.2) is 49.7 Å². The van der Waals surface area contributed by atoms with Crippen LogP contribution in [0.4, 0.5) is 5.95 Å². The lowest BCUT2D eigenvalue weighted by Crippen LogP contribution is -2.33. The van der Waals surface area contributed by atoms with E-state index in [-0.39, 0.29) is 0 Å². The van der Waals surface area contributed by atoms with Crippen molar-refractivity contribution in [2.75, 3.05) is 29.5 Å². The smallest absolute Gasteiger partial charge is 0.225 e. The molecule has 4 heterocycles. The minimum Gasteiger partial charge on any atom is -0.360 e. The van der Waals surface area contributed by atoms with Gasteiger partial charge in [-0.3, -0.25) is 9.97 Å². The molecule has 8 heteroatoms. The highest BCUT2D eigenvalue weighted by atomic mass is 32.2. The Hall–Kier alpha value is -2.48. The number of thioether (sulfide) groups is 1. The molecule has 0 radical (unpaired) electrons. The molecule has 0 saturated carbocycles. The number of anilines is 1. The van der Waals surface area contributed by atoms with Crippen LogP contribution in [0.15, 0.2) is 29.3 Å². The molecule has 0 unspecified atom stereocenters. The van der Waals surface area contributed by atoms with Gasteiger partial charge < -0.3 is 9.42 Å². The van der Waals surface area contributed by atoms with Crippen LogP contribution in [0.3, 0.4) is 0 Å². The van der Waals surface area contributed by atoms with Crippen LogP contribution in [0.2, 0.25) is 0 Å². The van der Waals surface area contributed by atoms with Crippen LogP contribution in [0, 0.1) is 6.92 Å². The van der Waals surface area contributed by atoms with Crippen LogP contribution < -0.4 is 4.90 Å². The first-order valence-electron chi connectivity index (χ1n) is 8.69. The zero-order valence-corrected chi connectivity index (χ0v) is 15.7. The maximum absolute atomic E-state index is 5.51. The molecule has 26 heavy (non-hydrogen) atoms. The summed E-state index contributed by atoms with van der Waals surface area (Å²) >= 11 is 1.96. The van der Waals surface area contributed by atoms with E-state index in [0.717, 1.165) is 70.9 Å². The molecular weight excluding hydrogens is 348 g/mol. The summed E-state index contributed by atoms with van der Waals surface area (Å²) in [6.45, 7) is 5.91. The van der Waals surface area contributed by atoms with E-state index in [0.29, 0.717) is 0 Å². The molecule has 0 bridgehead atoms. The molecule has 7 nitrogen and oxygen atoms in total. The number of rotatable bonds is 4. The normalized spacial score (nSPS) is 14.6. The molecular formula is C18H20N6OS. The van der Waals surface area contributed by atoms with Crippen molar-refractivity contribution in [3.8, 4) is 22.5 Å². The standard InChI is InChI=1S/C18H20N6OS/c1-3-15-16(12(2)23-25-15)17-13(14-11-19-4-5-20-14)10-21-18(22-17)24-6-8-26-9-7-24/h4-5,10-11H,3,6-9H2,1-2H3. The van der Waals surface area contributed by atoms with Crippen molar-refractivity contribution in [1.29, 1.82) is 0 Å². The Balaban J connectivity index is 1.88. The van der Waals surface area contributed by atoms with E-state index >= 15 is 0 Å². The SMILES string of the molecule is CCc1onc(C)c1-c1nc(N2CCSCC2)ncc1-c1cnccn1. The molecule has 1 aliphatic rings. The van der Waals surface area contributed by atoms with Gasteiger partial charge in [-0.2, -0.15) is 11.8 Å². The van der Waals surface area contributed by atoms with Crippen molar-refractivity contribution in [2.45, 2.75) is 20.3 Å². The third-order valence-electron chi connectivity index (χ3n) is 4.40. The summed E-state index contributed by atoms with van der Waals surface area (Å²) in [7, 11) is 0. The van der Waals surface area contributed by atoms with Crippen molar-refractivity contribution in [2.24, 2.45) is 0 Å². The zero-order valence-electron chi connectivity index (χ0n) is 14.8. The van der Waals surface area contributed by atoms with E-state index in [2.05, 4.69) is 31.9 Å². The third kappa shape index (κ3) is 3.16. The molecule has 1 saturated heterocycles. The second kappa shape index (κ2) is 7.41. The van der Waals surface area contributed by atoms with Gasteiger partial charge >= 0.3 is 0 Å². The van der Waals surface area contributed by atoms with Crippen molar-refractivity contribution >= 4 is 17.7 Å². The van der Waals surface area contributed by atoms with Crippen molar-refractivity contribution in [3.05, 3.63) is 36.2 Å². The Morgan fingerprint density at radius 3 is 2.73 bits per heavy atom. The van der Waals surface area contributed by atoms with E-state index in [1.807, 2.05) is 24.9 Å². The van der Waals surface area contributed by atoms with Crippen LogP contribution in [-0.2, 0) is 6.42 Å². The highest BCUT2D eigenvalue weighted by Gasteiger charge is 2.23. The van der Waals surface area contributed by atoms with Gasteiger partial charge in [-0.15, -0.1) is 0 Å². The number of hydrogen-bond donors (Lipinski definition) is 0. The topological polar surface area (TPSA) is 80.8 Å². The average molecular weight is 368 g/mol. The maximum Gasteiger partial charge on any atom is 0.225 e. The zero-order chi connectivity index (χ0) is 17.9. The number of aryl methyl sites for hydroxylation is 2. The van der Waals surface area contributed by atoms with Gasteiger partial charge in [0, 0.05) is 55.2 Å². The molecule has 0 spiro atoms. The van der Waals surface area contributed by atoms with E-state index in [9.17, 15) is 0 Å². The lowest BCUT2D eigenvalue weighted by atomic mass is 10.0. The Labute approximate surface area is 156 Å². The fourth-order valence-electron chi connectivity index (χ4n) is 3.07. The molecule has 0 aromatic carbocycles. The highest BCUT2D eigenvalue weighted by molar-refractivity contribution is 7.99. The first-order valence-corrected chi connectivity index (χ1v) is 9.85. The van der Waals surface area contributed by atoms with Crippen LogP contribution in [0.25, 0.3) is 22.5 Å². The summed E-state index contributed by atoms with van der Waals surface area (Å²) < 4.78 is 5.51. The van der Waals surface area contributed by atoms with Gasteiger partial charge in [0.15, 0.2) is 0 Å². The number of nitrogens with zero attached hydrogens (tertiary/aromatic N) is 6. The lowest BCUT2D eigenvalue weighted by molar-refractivity contribution is 0.383. The lowest BCUT2D eigenvalue weighted by Gasteiger charge is -2.26. The molecule has 0 atom stereocenters. The molecule has 0 N–H and O–H groups in total. The Morgan fingerprint density at radius 1 is 1.15 bits per heavy atom. The first kappa shape index (κ1) is 17.0. The largest absolute Gasteiger partial charge is 0.360 e. The summed E-state index contributed by atoms with van der Waals surface area (Å²) in [5.41, 5.74) is 4.15. The van der Waals surface area contributed by atoms with E-state index in [1.165, 1.54) is 0 Å². The van der Waals surface area contributed by atoms with Crippen LogP contribution >= 0.6 is 11.8 Å². The quantitative estimate of drug-likeness (QED) is 0.695. The van der Waals surface area contributed by atoms with Gasteiger partial charge in [0.25, 0.3) is 0 Å². The fourth-order valence-corrected chi connectivity index (χ4v) is 3.97. The van der Waals surface area contributed by atoms with E-state index in [4.69, 9.17) is 9.51 Å². The molecule has 1 fully saturated rings. The molecule has 134 valence electrons. The Bertz CT molecular complexity index is 892. The summed E-state index contributed by atoms with van der Waals surface area (Å²) in [5.74, 6) is 3.76. The summed E-state index contributed by atoms with van der Waals surface area (Å²) in [6.07, 6.45) is 7.65. The Kier molecular flexibility index (Phi) is 4.83. The van der Waals surface area contributed by atoms with Gasteiger partial charge in [0.1, 0.15) is 5.76 Å². The molecule has 0 amide bonds. The average Bonchev–Trinajstić information content (AvgIpc) is 3.09. The van der Waals surface area contributed by atoms with Crippen LogP contribution in [0.5, 0.6) is 0 Å². The maximum atomic E-state index is 5.51. The molecule has 4 rings (SSSR count). The predicted octanol–water partition coefficient (Wildman–Crippen LogP) is 3.01. The minimum absolute atomic E-state index is 0.742. The van der Waals surface area contributed by atoms with Crippen molar-refractivity contribution in [3.63, 3.8) is 0 Å². The minimum atomic E-state index is 0.742. The monoisotopic (exact) mass is 368 g/mol. The van der Waals surface area contributed by atoms with E-state index < -0.39 is 0 Å². The summed E-state index contributed by atoms with van der Waals surface area (Å²) in [5, 5.41) is 4.15. The van der Waals surface area contributed by atoms with Gasteiger partial charge in [-0.05, 0) is 6.92 Å². The Morgan fingerprint density at radius 2 is 2.00 bits per heavy atom. The first-order chi connectivity index (χ1) is 12.8. The molecule has 3 aromatic heterocycles. The van der Waals surface area contributed by atoms with Gasteiger partial charge in [-0.25, -0.2) is 9.97 Å². The van der Waals surface area contributed by atoms with Crippen molar-refractivity contribution < 1.29 is 4.52 Å². The third-order valence-corrected chi connectivity index (χ3v) is 5.34. The second-order valence-corrected chi connectivity index (χ2v) is 7.27. The highest BCUT2D eigenvalue weighted by Crippen LogP contribution is 2.34. The van der Waals surface area contributed by atoms with Crippen molar-refractivity contribution in [1.82, 2.24) is 25.1 Å². The summed E-state index contributed by atoms with van der Waals surface area (Å²) in [6, 6.07) is 0. The second-order valence-electron chi connectivity index (χ2n) is 6.04. The molecule has 0 aliphatic carbocycles. The number of aromatic nitrogens is 5. The van der Waals surface area contributed by atoms with E-state index in [1.54, 1.807) is 18.6 Å².